The minimum atomic E-state index is 0.333. The maximum atomic E-state index is 6.22. The lowest BCUT2D eigenvalue weighted by Crippen LogP contribution is -2.54. The van der Waals surface area contributed by atoms with Gasteiger partial charge in [-0.25, -0.2) is 0 Å². The first-order valence-corrected chi connectivity index (χ1v) is 16.5. The molecule has 7 rings (SSSR count). The number of aromatic nitrogens is 1. The Labute approximate surface area is 243 Å². The minimum Gasteiger partial charge on any atom is -0.376 e. The van der Waals surface area contributed by atoms with E-state index >= 15 is 0 Å². The summed E-state index contributed by atoms with van der Waals surface area (Å²) in [5, 5.41) is 2.62. The molecule has 2 heterocycles. The number of hydrogen-bond acceptors (Lipinski definition) is 3. The van der Waals surface area contributed by atoms with Crippen LogP contribution in [0.4, 0.5) is 0 Å². The van der Waals surface area contributed by atoms with E-state index in [1.807, 2.05) is 11.8 Å². The van der Waals surface area contributed by atoms with Crippen LogP contribution in [-0.4, -0.2) is 41.7 Å². The summed E-state index contributed by atoms with van der Waals surface area (Å²) in [4.78, 5) is 7.23. The van der Waals surface area contributed by atoms with Gasteiger partial charge in [-0.3, -0.25) is 9.88 Å². The van der Waals surface area contributed by atoms with E-state index in [2.05, 4.69) is 81.0 Å². The Kier molecular flexibility index (Phi) is 6.74. The largest absolute Gasteiger partial charge is 0.376 e. The third kappa shape index (κ3) is 4.58. The summed E-state index contributed by atoms with van der Waals surface area (Å²) < 4.78 is 6.22. The molecule has 5 aliphatic rings. The van der Waals surface area contributed by atoms with Crippen LogP contribution in [0.25, 0.3) is 10.8 Å². The highest BCUT2D eigenvalue weighted by Gasteiger charge is 2.59. The van der Waals surface area contributed by atoms with Crippen LogP contribution >= 0.6 is 0 Å². The average molecular weight is 541 g/mol. The minimum absolute atomic E-state index is 0.333. The molecule has 3 nitrogen and oxygen atoms in total. The number of morpholine rings is 1. The zero-order valence-electron chi connectivity index (χ0n) is 25.8. The highest BCUT2D eigenvalue weighted by Crippen LogP contribution is 2.68. The molecule has 0 bridgehead atoms. The Bertz CT molecular complexity index is 1280. The molecule has 3 heteroatoms. The molecular weight excluding hydrogens is 488 g/mol. The molecule has 0 radical (unpaired) electrons. The van der Waals surface area contributed by atoms with Crippen molar-refractivity contribution in [3.8, 4) is 0 Å². The van der Waals surface area contributed by atoms with Gasteiger partial charge in [0.05, 0.1) is 12.7 Å². The third-order valence-electron chi connectivity index (χ3n) is 12.7. The number of nitrogens with zero attached hydrogens (tertiary/aromatic N) is 2. The molecule has 1 saturated heterocycles. The van der Waals surface area contributed by atoms with Crippen molar-refractivity contribution >= 4 is 10.8 Å². The van der Waals surface area contributed by atoms with Crippen molar-refractivity contribution in [3.63, 3.8) is 0 Å². The molecule has 216 valence electrons. The van der Waals surface area contributed by atoms with Gasteiger partial charge < -0.3 is 4.74 Å². The lowest BCUT2D eigenvalue weighted by atomic mass is 9.47. The standard InChI is InChI=1S/C37H52N2O/c1-35(2,3)22-30-24-39(18-19-40-30)29-12-15-36(4)28(21-29)8-9-31-33-11-10-32(37(33,5)16-13-34(31)36)26-7-6-25-14-17-38-23-27(25)20-26/h6-8,14,17,20,23,29-34H,9-13,15-16,18-19,21-22,24H2,1-5H3/t29-,30?,31-,32+,33-,34-,36-,37+/m0/s1. The van der Waals surface area contributed by atoms with Crippen LogP contribution < -0.4 is 0 Å². The number of rotatable bonds is 3. The number of benzene rings is 1. The first-order valence-electron chi connectivity index (χ1n) is 16.5. The molecule has 0 amide bonds. The van der Waals surface area contributed by atoms with E-state index in [1.54, 1.807) is 5.56 Å². The van der Waals surface area contributed by atoms with E-state index in [0.29, 0.717) is 34.3 Å². The van der Waals surface area contributed by atoms with Crippen LogP contribution in [-0.2, 0) is 4.74 Å². The zero-order valence-corrected chi connectivity index (χ0v) is 25.8. The van der Waals surface area contributed by atoms with Gasteiger partial charge in [0.1, 0.15) is 0 Å². The van der Waals surface area contributed by atoms with Gasteiger partial charge in [0.25, 0.3) is 0 Å². The molecule has 1 aromatic carbocycles. The maximum Gasteiger partial charge on any atom is 0.0707 e. The summed E-state index contributed by atoms with van der Waals surface area (Å²) in [6.45, 7) is 15.6. The van der Waals surface area contributed by atoms with Crippen molar-refractivity contribution in [2.24, 2.45) is 34.0 Å². The Balaban J connectivity index is 1.08. The fourth-order valence-corrected chi connectivity index (χ4v) is 10.7. The lowest BCUT2D eigenvalue weighted by molar-refractivity contribution is -0.0720. The van der Waals surface area contributed by atoms with Crippen LogP contribution in [0.1, 0.15) is 104 Å². The van der Waals surface area contributed by atoms with Crippen molar-refractivity contribution in [2.75, 3.05) is 19.7 Å². The van der Waals surface area contributed by atoms with Crippen LogP contribution in [0.15, 0.2) is 48.3 Å². The van der Waals surface area contributed by atoms with E-state index in [4.69, 9.17) is 4.74 Å². The van der Waals surface area contributed by atoms with Crippen LogP contribution in [0.3, 0.4) is 0 Å². The maximum absolute atomic E-state index is 6.22. The van der Waals surface area contributed by atoms with E-state index in [0.717, 1.165) is 43.9 Å². The van der Waals surface area contributed by atoms with Crippen LogP contribution in [0, 0.1) is 34.0 Å². The molecule has 4 fully saturated rings. The highest BCUT2D eigenvalue weighted by atomic mass is 16.5. The molecule has 1 aliphatic heterocycles. The summed E-state index contributed by atoms with van der Waals surface area (Å²) in [7, 11) is 0. The quantitative estimate of drug-likeness (QED) is 0.364. The average Bonchev–Trinajstić information content (AvgIpc) is 3.29. The van der Waals surface area contributed by atoms with Gasteiger partial charge in [-0.1, -0.05) is 58.4 Å². The van der Waals surface area contributed by atoms with Crippen molar-refractivity contribution in [1.29, 1.82) is 0 Å². The second kappa shape index (κ2) is 9.94. The van der Waals surface area contributed by atoms with Crippen molar-refractivity contribution < 1.29 is 4.74 Å². The molecule has 40 heavy (non-hydrogen) atoms. The highest BCUT2D eigenvalue weighted by molar-refractivity contribution is 5.82. The number of fused-ring (bicyclic) bond motifs is 6. The van der Waals surface area contributed by atoms with E-state index in [1.165, 1.54) is 62.1 Å². The molecule has 1 aromatic heterocycles. The predicted molar refractivity (Wildman–Crippen MR) is 165 cm³/mol. The molecule has 4 aliphatic carbocycles. The zero-order chi connectivity index (χ0) is 27.7. The Hall–Kier alpha value is -1.71. The summed E-state index contributed by atoms with van der Waals surface area (Å²) in [6, 6.07) is 10.1. The van der Waals surface area contributed by atoms with Crippen molar-refractivity contribution in [2.45, 2.75) is 110 Å². The Morgan fingerprint density at radius 3 is 2.73 bits per heavy atom. The van der Waals surface area contributed by atoms with Gasteiger partial charge in [0, 0.05) is 36.9 Å². The fourth-order valence-electron chi connectivity index (χ4n) is 10.7. The van der Waals surface area contributed by atoms with Gasteiger partial charge in [-0.2, -0.15) is 0 Å². The predicted octanol–water partition coefficient (Wildman–Crippen LogP) is 8.79. The molecule has 0 spiro atoms. The van der Waals surface area contributed by atoms with Crippen molar-refractivity contribution in [1.82, 2.24) is 9.88 Å². The van der Waals surface area contributed by atoms with Gasteiger partial charge in [-0.15, -0.1) is 0 Å². The second-order valence-electron chi connectivity index (χ2n) is 16.1. The van der Waals surface area contributed by atoms with Crippen LogP contribution in [0.5, 0.6) is 0 Å². The number of ether oxygens (including phenoxy) is 1. The molecule has 2 aromatic rings. The van der Waals surface area contributed by atoms with E-state index in [-0.39, 0.29) is 0 Å². The Morgan fingerprint density at radius 2 is 1.88 bits per heavy atom. The summed E-state index contributed by atoms with van der Waals surface area (Å²) in [5.41, 5.74) is 4.58. The monoisotopic (exact) mass is 540 g/mol. The second-order valence-corrected chi connectivity index (χ2v) is 16.1. The molecule has 1 unspecified atom stereocenters. The van der Waals surface area contributed by atoms with Gasteiger partial charge in [0.15, 0.2) is 0 Å². The normalized spacial score (nSPS) is 40.3. The van der Waals surface area contributed by atoms with E-state index < -0.39 is 0 Å². The summed E-state index contributed by atoms with van der Waals surface area (Å²) in [6.07, 6.45) is 19.3. The molecule has 3 saturated carbocycles. The summed E-state index contributed by atoms with van der Waals surface area (Å²) >= 11 is 0. The Morgan fingerprint density at radius 1 is 1.00 bits per heavy atom. The smallest absolute Gasteiger partial charge is 0.0707 e. The lowest BCUT2D eigenvalue weighted by Gasteiger charge is -2.59. The fraction of sp³-hybridized carbons (Fsp3) is 0.703. The molecule has 0 N–H and O–H groups in total. The first kappa shape index (κ1) is 27.1. The third-order valence-corrected chi connectivity index (χ3v) is 12.7. The molecular formula is C37H52N2O. The topological polar surface area (TPSA) is 25.4 Å². The SMILES string of the molecule is CC(C)(C)CC1CN([C@H]2CC[C@@]3(C)C(=CC[C@H]4[C@@H]5CC[C@H](c6ccc7ccncc7c6)[C@@]5(C)CC[C@@H]43)C2)CCO1. The van der Waals surface area contributed by atoms with Gasteiger partial charge >= 0.3 is 0 Å². The van der Waals surface area contributed by atoms with Gasteiger partial charge in [0.2, 0.25) is 0 Å². The number of hydrogen-bond donors (Lipinski definition) is 0. The van der Waals surface area contributed by atoms with Crippen LogP contribution in [0.2, 0.25) is 0 Å². The van der Waals surface area contributed by atoms with Crippen molar-refractivity contribution in [3.05, 3.63) is 53.9 Å². The number of allylic oxidation sites excluding steroid dienone is 1. The molecule has 8 atom stereocenters. The van der Waals surface area contributed by atoms with Gasteiger partial charge in [-0.05, 0) is 121 Å². The summed E-state index contributed by atoms with van der Waals surface area (Å²) in [5.74, 6) is 3.31. The number of pyridine rings is 1. The van der Waals surface area contributed by atoms with E-state index in [9.17, 15) is 0 Å². The first-order chi connectivity index (χ1) is 19.1.